The summed E-state index contributed by atoms with van der Waals surface area (Å²) < 4.78 is 1.55. The predicted molar refractivity (Wildman–Crippen MR) is 69.4 cm³/mol. The van der Waals surface area contributed by atoms with Crippen LogP contribution in [0.2, 0.25) is 0 Å². The van der Waals surface area contributed by atoms with Crippen LogP contribution < -0.4 is 11.1 Å². The average molecular weight is 247 g/mol. The highest BCUT2D eigenvalue weighted by Crippen LogP contribution is 2.09. The summed E-state index contributed by atoms with van der Waals surface area (Å²) in [7, 11) is 0. The van der Waals surface area contributed by atoms with Gasteiger partial charge in [-0.15, -0.1) is 0 Å². The molecular formula is C11H17N7. The highest BCUT2D eigenvalue weighted by Gasteiger charge is 2.09. The van der Waals surface area contributed by atoms with Crippen LogP contribution in [-0.4, -0.2) is 30.8 Å². The lowest BCUT2D eigenvalue weighted by Gasteiger charge is -2.14. The molecule has 18 heavy (non-hydrogen) atoms. The maximum absolute atomic E-state index is 5.68. The molecule has 0 spiro atoms. The molecule has 0 radical (unpaired) electrons. The molecule has 0 aliphatic heterocycles. The highest BCUT2D eigenvalue weighted by atomic mass is 15.4. The average Bonchev–Trinajstić information content (AvgIpc) is 2.89. The van der Waals surface area contributed by atoms with Gasteiger partial charge in [-0.3, -0.25) is 0 Å². The molecule has 2 aromatic rings. The van der Waals surface area contributed by atoms with Crippen LogP contribution in [0.3, 0.4) is 0 Å². The molecule has 0 aliphatic carbocycles. The Balaban J connectivity index is 2.27. The van der Waals surface area contributed by atoms with Gasteiger partial charge in [-0.1, -0.05) is 13.8 Å². The summed E-state index contributed by atoms with van der Waals surface area (Å²) in [6.45, 7) is 4.22. The molecule has 2 aromatic heterocycles. The van der Waals surface area contributed by atoms with Crippen molar-refractivity contribution < 1.29 is 0 Å². The van der Waals surface area contributed by atoms with E-state index in [1.165, 1.54) is 0 Å². The number of anilines is 2. The second kappa shape index (κ2) is 5.44. The molecule has 0 fully saturated rings. The van der Waals surface area contributed by atoms with Crippen molar-refractivity contribution in [2.24, 2.45) is 0 Å². The van der Waals surface area contributed by atoms with Crippen LogP contribution in [0.25, 0.3) is 5.95 Å². The number of rotatable bonds is 5. The van der Waals surface area contributed by atoms with Crippen molar-refractivity contribution in [3.05, 3.63) is 18.5 Å². The van der Waals surface area contributed by atoms with Gasteiger partial charge in [0.25, 0.3) is 5.95 Å². The van der Waals surface area contributed by atoms with Crippen molar-refractivity contribution in [2.45, 2.75) is 32.7 Å². The van der Waals surface area contributed by atoms with Gasteiger partial charge in [0.15, 0.2) is 0 Å². The van der Waals surface area contributed by atoms with Gasteiger partial charge in [-0.25, -0.2) is 4.68 Å². The summed E-state index contributed by atoms with van der Waals surface area (Å²) in [5.74, 6) is 1.09. The number of aromatic nitrogens is 5. The maximum atomic E-state index is 5.68. The maximum Gasteiger partial charge on any atom is 0.257 e. The molecule has 2 heterocycles. The van der Waals surface area contributed by atoms with Crippen molar-refractivity contribution in [3.8, 4) is 5.95 Å². The quantitative estimate of drug-likeness (QED) is 0.825. The Hall–Kier alpha value is -2.18. The van der Waals surface area contributed by atoms with Crippen molar-refractivity contribution in [1.29, 1.82) is 0 Å². The fourth-order valence-electron chi connectivity index (χ4n) is 1.61. The zero-order valence-corrected chi connectivity index (χ0v) is 10.5. The SMILES string of the molecule is CCC(CC)Nc1nc(N)nc(-n2cccn2)n1. The Kier molecular flexibility index (Phi) is 3.71. The minimum Gasteiger partial charge on any atom is -0.368 e. The number of nitrogens with one attached hydrogen (secondary N) is 1. The molecular weight excluding hydrogens is 230 g/mol. The molecule has 0 aromatic carbocycles. The van der Waals surface area contributed by atoms with Gasteiger partial charge >= 0.3 is 0 Å². The predicted octanol–water partition coefficient (Wildman–Crippen LogP) is 1.24. The van der Waals surface area contributed by atoms with E-state index in [-0.39, 0.29) is 5.95 Å². The summed E-state index contributed by atoms with van der Waals surface area (Å²) in [4.78, 5) is 12.4. The van der Waals surface area contributed by atoms with Crippen LogP contribution in [0.5, 0.6) is 0 Å². The third kappa shape index (κ3) is 2.73. The Morgan fingerprint density at radius 1 is 1.28 bits per heavy atom. The summed E-state index contributed by atoms with van der Waals surface area (Å²) in [5, 5.41) is 7.31. The molecule has 0 bridgehead atoms. The molecule has 0 saturated carbocycles. The normalized spacial score (nSPS) is 10.8. The third-order valence-corrected chi connectivity index (χ3v) is 2.67. The van der Waals surface area contributed by atoms with Crippen molar-refractivity contribution in [2.75, 3.05) is 11.1 Å². The fraction of sp³-hybridized carbons (Fsp3) is 0.455. The molecule has 0 atom stereocenters. The minimum atomic E-state index is 0.184. The first kappa shape index (κ1) is 12.3. The fourth-order valence-corrected chi connectivity index (χ4v) is 1.61. The minimum absolute atomic E-state index is 0.184. The molecule has 7 nitrogen and oxygen atoms in total. The second-order valence-corrected chi connectivity index (χ2v) is 3.93. The van der Waals surface area contributed by atoms with Gasteiger partial charge in [0, 0.05) is 18.4 Å². The number of nitrogen functional groups attached to an aromatic ring is 1. The third-order valence-electron chi connectivity index (χ3n) is 2.67. The van der Waals surface area contributed by atoms with Crippen LogP contribution in [0.4, 0.5) is 11.9 Å². The van der Waals surface area contributed by atoms with Crippen molar-refractivity contribution in [1.82, 2.24) is 24.7 Å². The Morgan fingerprint density at radius 3 is 2.67 bits per heavy atom. The summed E-state index contributed by atoms with van der Waals surface area (Å²) in [6, 6.07) is 2.13. The molecule has 96 valence electrons. The van der Waals surface area contributed by atoms with Crippen LogP contribution in [0.15, 0.2) is 18.5 Å². The first-order valence-corrected chi connectivity index (χ1v) is 6.01. The van der Waals surface area contributed by atoms with Gasteiger partial charge in [0.1, 0.15) is 0 Å². The lowest BCUT2D eigenvalue weighted by molar-refractivity contribution is 0.662. The van der Waals surface area contributed by atoms with E-state index in [2.05, 4.69) is 39.2 Å². The molecule has 0 aliphatic rings. The van der Waals surface area contributed by atoms with Crippen LogP contribution >= 0.6 is 0 Å². The van der Waals surface area contributed by atoms with Crippen molar-refractivity contribution >= 4 is 11.9 Å². The molecule has 0 saturated heterocycles. The molecule has 3 N–H and O–H groups in total. The lowest BCUT2D eigenvalue weighted by atomic mass is 10.2. The van der Waals surface area contributed by atoms with Gasteiger partial charge < -0.3 is 11.1 Å². The van der Waals surface area contributed by atoms with E-state index in [9.17, 15) is 0 Å². The van der Waals surface area contributed by atoms with E-state index in [1.807, 2.05) is 0 Å². The van der Waals surface area contributed by atoms with Crippen molar-refractivity contribution in [3.63, 3.8) is 0 Å². The summed E-state index contributed by atoms with van der Waals surface area (Å²) >= 11 is 0. The van der Waals surface area contributed by atoms with Gasteiger partial charge in [-0.05, 0) is 18.9 Å². The van der Waals surface area contributed by atoms with Crippen LogP contribution in [0, 0.1) is 0 Å². The molecule has 0 amide bonds. The standard InChI is InChI=1S/C11H17N7/c1-3-8(4-2)14-10-15-9(12)16-11(17-10)18-7-5-6-13-18/h5-8H,3-4H2,1-2H3,(H3,12,14,15,16,17). The topological polar surface area (TPSA) is 94.5 Å². The first-order chi connectivity index (χ1) is 8.72. The molecule has 0 unspecified atom stereocenters. The zero-order valence-electron chi connectivity index (χ0n) is 10.5. The van der Waals surface area contributed by atoms with Crippen LogP contribution in [0.1, 0.15) is 26.7 Å². The van der Waals surface area contributed by atoms with E-state index >= 15 is 0 Å². The lowest BCUT2D eigenvalue weighted by Crippen LogP contribution is -2.20. The molecule has 2 rings (SSSR count). The highest BCUT2D eigenvalue weighted by molar-refractivity contribution is 5.35. The smallest absolute Gasteiger partial charge is 0.257 e. The largest absolute Gasteiger partial charge is 0.368 e. The van der Waals surface area contributed by atoms with E-state index in [1.54, 1.807) is 23.1 Å². The number of hydrogen-bond acceptors (Lipinski definition) is 6. The monoisotopic (exact) mass is 247 g/mol. The van der Waals surface area contributed by atoms with Gasteiger partial charge in [0.2, 0.25) is 11.9 Å². The Morgan fingerprint density at radius 2 is 2.06 bits per heavy atom. The van der Waals surface area contributed by atoms with Gasteiger partial charge in [-0.2, -0.15) is 20.1 Å². The number of nitrogens with two attached hydrogens (primary N) is 1. The Labute approximate surface area is 105 Å². The van der Waals surface area contributed by atoms with E-state index in [0.717, 1.165) is 12.8 Å². The van der Waals surface area contributed by atoms with E-state index in [0.29, 0.717) is 17.9 Å². The summed E-state index contributed by atoms with van der Waals surface area (Å²) in [5.41, 5.74) is 5.68. The first-order valence-electron chi connectivity index (χ1n) is 6.01. The Bertz CT molecular complexity index is 490. The van der Waals surface area contributed by atoms with Gasteiger partial charge in [0.05, 0.1) is 0 Å². The second-order valence-electron chi connectivity index (χ2n) is 3.93. The van der Waals surface area contributed by atoms with E-state index in [4.69, 9.17) is 5.73 Å². The summed E-state index contributed by atoms with van der Waals surface area (Å²) in [6.07, 6.45) is 5.42. The zero-order chi connectivity index (χ0) is 13.0. The molecule has 7 heteroatoms. The number of hydrogen-bond donors (Lipinski definition) is 2. The number of nitrogens with zero attached hydrogens (tertiary/aromatic N) is 5. The van der Waals surface area contributed by atoms with E-state index < -0.39 is 0 Å². The van der Waals surface area contributed by atoms with Crippen LogP contribution in [-0.2, 0) is 0 Å².